The molecule has 3 atom stereocenters. The van der Waals surface area contributed by atoms with Crippen LogP contribution < -0.4 is 0 Å². The number of unbranched alkanes of at least 4 members (excludes halogenated alkanes) is 3. The van der Waals surface area contributed by atoms with Gasteiger partial charge in [0.15, 0.2) is 0 Å². The Morgan fingerprint density at radius 3 is 1.06 bits per heavy atom. The van der Waals surface area contributed by atoms with Crippen LogP contribution in [0.3, 0.4) is 0 Å². The maximum absolute atomic E-state index is 12.5. The number of carbonyl (C=O) groups excluding carboxylic acids is 3. The number of carbonyl (C=O) groups is 3. The number of esters is 3. The standard InChI is InChI=1S/C27H50O6/c1-8-12-15-21(5)24(28)31-18-27(11-4,19-32-25(29)22(6)16-13-9-2)20-33-26(30)23(7)17-14-10-3/h21-23H,8-20H2,1-7H3. The fourth-order valence-electron chi connectivity index (χ4n) is 3.42. The van der Waals surface area contributed by atoms with Crippen molar-refractivity contribution in [1.82, 2.24) is 0 Å². The number of rotatable bonds is 19. The topological polar surface area (TPSA) is 78.9 Å². The second-order valence-corrected chi connectivity index (χ2v) is 9.81. The van der Waals surface area contributed by atoms with Crippen molar-refractivity contribution < 1.29 is 28.6 Å². The molecule has 0 heterocycles. The van der Waals surface area contributed by atoms with Gasteiger partial charge in [-0.3, -0.25) is 14.4 Å². The summed E-state index contributed by atoms with van der Waals surface area (Å²) in [6.07, 6.45) is 8.86. The Kier molecular flexibility index (Phi) is 17.0. The van der Waals surface area contributed by atoms with Crippen LogP contribution in [0.2, 0.25) is 0 Å². The zero-order valence-electron chi connectivity index (χ0n) is 22.4. The van der Waals surface area contributed by atoms with E-state index in [4.69, 9.17) is 14.2 Å². The minimum absolute atomic E-state index is 0.0615. The van der Waals surface area contributed by atoms with Crippen molar-refractivity contribution in [3.05, 3.63) is 0 Å². The zero-order valence-corrected chi connectivity index (χ0v) is 22.4. The fourth-order valence-corrected chi connectivity index (χ4v) is 3.42. The van der Waals surface area contributed by atoms with Crippen LogP contribution in [-0.2, 0) is 28.6 Å². The van der Waals surface area contributed by atoms with E-state index in [1.54, 1.807) is 0 Å². The van der Waals surface area contributed by atoms with Crippen molar-refractivity contribution in [2.45, 2.75) is 113 Å². The van der Waals surface area contributed by atoms with Gasteiger partial charge < -0.3 is 14.2 Å². The summed E-state index contributed by atoms with van der Waals surface area (Å²) in [5.41, 5.74) is -0.750. The summed E-state index contributed by atoms with van der Waals surface area (Å²) in [7, 11) is 0. The molecule has 0 N–H and O–H groups in total. The summed E-state index contributed by atoms with van der Waals surface area (Å²) < 4.78 is 17.0. The highest BCUT2D eigenvalue weighted by molar-refractivity contribution is 5.73. The predicted molar refractivity (Wildman–Crippen MR) is 132 cm³/mol. The van der Waals surface area contributed by atoms with Gasteiger partial charge in [-0.1, -0.05) is 87.0 Å². The zero-order chi connectivity index (χ0) is 25.3. The van der Waals surface area contributed by atoms with E-state index >= 15 is 0 Å². The van der Waals surface area contributed by atoms with Gasteiger partial charge >= 0.3 is 17.9 Å². The average molecular weight is 471 g/mol. The number of hydrogen-bond donors (Lipinski definition) is 0. The van der Waals surface area contributed by atoms with Gasteiger partial charge in [0.2, 0.25) is 0 Å². The van der Waals surface area contributed by atoms with E-state index in [-0.39, 0.29) is 55.5 Å². The second-order valence-electron chi connectivity index (χ2n) is 9.81. The number of hydrogen-bond acceptors (Lipinski definition) is 6. The summed E-state index contributed by atoms with van der Waals surface area (Å²) in [5, 5.41) is 0. The largest absolute Gasteiger partial charge is 0.465 e. The van der Waals surface area contributed by atoms with Gasteiger partial charge in [0.25, 0.3) is 0 Å². The van der Waals surface area contributed by atoms with Crippen LogP contribution >= 0.6 is 0 Å². The summed E-state index contributed by atoms with van der Waals surface area (Å²) in [5.74, 6) is -1.34. The van der Waals surface area contributed by atoms with Crippen molar-refractivity contribution in [2.24, 2.45) is 23.2 Å². The van der Waals surface area contributed by atoms with Crippen LogP contribution in [0, 0.1) is 23.2 Å². The molecule has 0 aromatic rings. The third-order valence-electron chi connectivity index (χ3n) is 6.49. The van der Waals surface area contributed by atoms with E-state index in [0.29, 0.717) is 6.42 Å². The third-order valence-corrected chi connectivity index (χ3v) is 6.49. The van der Waals surface area contributed by atoms with E-state index in [1.807, 2.05) is 27.7 Å². The first-order valence-corrected chi connectivity index (χ1v) is 13.2. The first kappa shape index (κ1) is 31.4. The Bertz CT molecular complexity index is 485. The van der Waals surface area contributed by atoms with Gasteiger partial charge in [-0.05, 0) is 25.7 Å². The monoisotopic (exact) mass is 470 g/mol. The maximum Gasteiger partial charge on any atom is 0.308 e. The molecular formula is C27H50O6. The minimum atomic E-state index is -0.750. The SMILES string of the molecule is CCCCC(C)C(=O)OCC(CC)(COC(=O)C(C)CCCC)COC(=O)C(C)CCCC. The lowest BCUT2D eigenvalue weighted by Crippen LogP contribution is -2.40. The molecule has 0 bridgehead atoms. The molecule has 0 saturated carbocycles. The Labute approximate surface area is 202 Å². The first-order valence-electron chi connectivity index (χ1n) is 13.2. The van der Waals surface area contributed by atoms with Gasteiger partial charge in [0.1, 0.15) is 19.8 Å². The molecule has 194 valence electrons. The van der Waals surface area contributed by atoms with Gasteiger partial charge in [-0.25, -0.2) is 0 Å². The smallest absolute Gasteiger partial charge is 0.308 e. The molecule has 0 aromatic heterocycles. The molecule has 6 nitrogen and oxygen atoms in total. The van der Waals surface area contributed by atoms with Crippen molar-refractivity contribution in [2.75, 3.05) is 19.8 Å². The molecule has 0 amide bonds. The molecule has 0 spiro atoms. The summed E-state index contributed by atoms with van der Waals surface area (Å²) in [6, 6.07) is 0. The summed E-state index contributed by atoms with van der Waals surface area (Å²) in [6.45, 7) is 14.0. The van der Waals surface area contributed by atoms with Crippen molar-refractivity contribution >= 4 is 17.9 Å². The molecule has 0 aromatic carbocycles. The molecular weight excluding hydrogens is 420 g/mol. The highest BCUT2D eigenvalue weighted by Gasteiger charge is 2.35. The normalized spacial score (nSPS) is 15.7. The van der Waals surface area contributed by atoms with Crippen LogP contribution in [0.1, 0.15) is 113 Å². The van der Waals surface area contributed by atoms with E-state index < -0.39 is 5.41 Å². The van der Waals surface area contributed by atoms with E-state index in [9.17, 15) is 14.4 Å². The van der Waals surface area contributed by atoms with Crippen LogP contribution in [0.5, 0.6) is 0 Å². The number of ether oxygens (including phenoxy) is 3. The van der Waals surface area contributed by atoms with E-state index in [0.717, 1.165) is 57.8 Å². The fraction of sp³-hybridized carbons (Fsp3) is 0.889. The molecule has 33 heavy (non-hydrogen) atoms. The Morgan fingerprint density at radius 2 is 0.848 bits per heavy atom. The Hall–Kier alpha value is -1.59. The second kappa shape index (κ2) is 17.8. The van der Waals surface area contributed by atoms with Crippen molar-refractivity contribution in [3.8, 4) is 0 Å². The summed E-state index contributed by atoms with van der Waals surface area (Å²) >= 11 is 0. The minimum Gasteiger partial charge on any atom is -0.465 e. The lowest BCUT2D eigenvalue weighted by molar-refractivity contribution is -0.167. The van der Waals surface area contributed by atoms with Gasteiger partial charge in [-0.2, -0.15) is 0 Å². The maximum atomic E-state index is 12.5. The molecule has 3 unspecified atom stereocenters. The molecule has 6 heteroatoms. The Morgan fingerprint density at radius 1 is 0.576 bits per heavy atom. The molecule has 0 rings (SSSR count). The van der Waals surface area contributed by atoms with Crippen LogP contribution in [-0.4, -0.2) is 37.7 Å². The molecule has 0 aliphatic rings. The lowest BCUT2D eigenvalue weighted by Gasteiger charge is -2.32. The van der Waals surface area contributed by atoms with Crippen molar-refractivity contribution in [1.29, 1.82) is 0 Å². The molecule has 0 radical (unpaired) electrons. The highest BCUT2D eigenvalue weighted by Crippen LogP contribution is 2.27. The quantitative estimate of drug-likeness (QED) is 0.158. The van der Waals surface area contributed by atoms with E-state index in [2.05, 4.69) is 20.8 Å². The lowest BCUT2D eigenvalue weighted by atomic mass is 9.87. The highest BCUT2D eigenvalue weighted by atomic mass is 16.6. The average Bonchev–Trinajstić information content (AvgIpc) is 2.83. The molecule has 0 aliphatic heterocycles. The molecule has 0 aliphatic carbocycles. The van der Waals surface area contributed by atoms with Gasteiger partial charge in [0, 0.05) is 0 Å². The van der Waals surface area contributed by atoms with Crippen LogP contribution in [0.4, 0.5) is 0 Å². The first-order chi connectivity index (χ1) is 15.7. The van der Waals surface area contributed by atoms with Crippen LogP contribution in [0.25, 0.3) is 0 Å². The van der Waals surface area contributed by atoms with Crippen molar-refractivity contribution in [3.63, 3.8) is 0 Å². The summed E-state index contributed by atoms with van der Waals surface area (Å²) in [4.78, 5) is 37.5. The van der Waals surface area contributed by atoms with Gasteiger partial charge in [-0.15, -0.1) is 0 Å². The third kappa shape index (κ3) is 13.0. The predicted octanol–water partition coefficient (Wildman–Crippen LogP) is 6.49. The molecule has 0 saturated heterocycles. The van der Waals surface area contributed by atoms with Gasteiger partial charge in [0.05, 0.1) is 23.2 Å². The van der Waals surface area contributed by atoms with E-state index in [1.165, 1.54) is 0 Å². The Balaban J connectivity index is 5.21. The van der Waals surface area contributed by atoms with Crippen LogP contribution in [0.15, 0.2) is 0 Å². The molecule has 0 fully saturated rings.